The summed E-state index contributed by atoms with van der Waals surface area (Å²) in [5, 5.41) is 0. The van der Waals surface area contributed by atoms with Gasteiger partial charge in [0.25, 0.3) is 0 Å². The summed E-state index contributed by atoms with van der Waals surface area (Å²) in [6, 6.07) is 5.34. The summed E-state index contributed by atoms with van der Waals surface area (Å²) in [7, 11) is 0. The molecular formula is C14H18BrNO. The molecule has 0 aliphatic carbocycles. The Morgan fingerprint density at radius 1 is 1.35 bits per heavy atom. The van der Waals surface area contributed by atoms with Gasteiger partial charge in [0, 0.05) is 22.1 Å². The van der Waals surface area contributed by atoms with Gasteiger partial charge >= 0.3 is 0 Å². The summed E-state index contributed by atoms with van der Waals surface area (Å²) in [6.07, 6.45) is 6.68. The Balaban J connectivity index is 2.41. The lowest BCUT2D eigenvalue weighted by Gasteiger charge is -2.03. The average molecular weight is 296 g/mol. The standard InChI is InChI=1S/C14H18BrNO/c1-2-3-4-5-6-7-14(17)11-8-9-13(16)12(15)10-11/h2,8-10H,1,3-7,16H2. The predicted octanol–water partition coefficient (Wildman–Crippen LogP) is 4.35. The fraction of sp³-hybridized carbons (Fsp3) is 0.357. The van der Waals surface area contributed by atoms with Crippen LogP contribution in [-0.2, 0) is 0 Å². The van der Waals surface area contributed by atoms with E-state index in [0.29, 0.717) is 12.1 Å². The molecule has 0 aliphatic heterocycles. The second-order valence-electron chi connectivity index (χ2n) is 4.05. The molecule has 0 bridgehead atoms. The van der Waals surface area contributed by atoms with Crippen LogP contribution in [0.5, 0.6) is 0 Å². The summed E-state index contributed by atoms with van der Waals surface area (Å²) in [6.45, 7) is 3.67. The van der Waals surface area contributed by atoms with E-state index in [2.05, 4.69) is 22.5 Å². The molecule has 1 aromatic carbocycles. The van der Waals surface area contributed by atoms with Gasteiger partial charge in [-0.25, -0.2) is 0 Å². The quantitative estimate of drug-likeness (QED) is 0.352. The SMILES string of the molecule is C=CCCCCCC(=O)c1ccc(N)c(Br)c1. The molecule has 1 aromatic rings. The number of carbonyl (C=O) groups is 1. The number of benzene rings is 1. The number of halogens is 1. The second-order valence-corrected chi connectivity index (χ2v) is 4.90. The zero-order valence-corrected chi connectivity index (χ0v) is 11.5. The number of rotatable bonds is 7. The molecule has 0 aromatic heterocycles. The number of hydrogen-bond donors (Lipinski definition) is 1. The minimum absolute atomic E-state index is 0.185. The van der Waals surface area contributed by atoms with Gasteiger partial charge in [-0.15, -0.1) is 6.58 Å². The smallest absolute Gasteiger partial charge is 0.162 e. The van der Waals surface area contributed by atoms with Crippen molar-refractivity contribution in [3.63, 3.8) is 0 Å². The van der Waals surface area contributed by atoms with Crippen molar-refractivity contribution in [1.82, 2.24) is 0 Å². The number of ketones is 1. The van der Waals surface area contributed by atoms with Crippen molar-refractivity contribution in [2.24, 2.45) is 0 Å². The van der Waals surface area contributed by atoms with Crippen LogP contribution in [0.2, 0.25) is 0 Å². The fourth-order valence-electron chi connectivity index (χ4n) is 1.60. The van der Waals surface area contributed by atoms with Crippen molar-refractivity contribution in [3.05, 3.63) is 40.9 Å². The fourth-order valence-corrected chi connectivity index (χ4v) is 1.97. The maximum absolute atomic E-state index is 11.9. The van der Waals surface area contributed by atoms with Crippen LogP contribution in [-0.4, -0.2) is 5.78 Å². The molecule has 1 rings (SSSR count). The molecule has 2 N–H and O–H groups in total. The van der Waals surface area contributed by atoms with Crippen LogP contribution in [0.3, 0.4) is 0 Å². The highest BCUT2D eigenvalue weighted by Gasteiger charge is 2.07. The first-order chi connectivity index (χ1) is 8.15. The van der Waals surface area contributed by atoms with E-state index in [0.717, 1.165) is 35.7 Å². The lowest BCUT2D eigenvalue weighted by atomic mass is 10.0. The third-order valence-corrected chi connectivity index (χ3v) is 3.32. The van der Waals surface area contributed by atoms with Crippen LogP contribution >= 0.6 is 15.9 Å². The Labute approximate surface area is 111 Å². The maximum atomic E-state index is 11.9. The second kappa shape index (κ2) is 7.28. The summed E-state index contributed by atoms with van der Waals surface area (Å²) in [5.41, 5.74) is 7.07. The van der Waals surface area contributed by atoms with Crippen LogP contribution < -0.4 is 5.73 Å². The number of carbonyl (C=O) groups excluding carboxylic acids is 1. The van der Waals surface area contributed by atoms with Crippen molar-refractivity contribution in [1.29, 1.82) is 0 Å². The first kappa shape index (κ1) is 14.0. The first-order valence-electron chi connectivity index (χ1n) is 5.84. The van der Waals surface area contributed by atoms with Gasteiger partial charge in [-0.2, -0.15) is 0 Å². The molecule has 0 heterocycles. The van der Waals surface area contributed by atoms with Crippen molar-refractivity contribution in [2.45, 2.75) is 32.1 Å². The highest BCUT2D eigenvalue weighted by Crippen LogP contribution is 2.21. The topological polar surface area (TPSA) is 43.1 Å². The van der Waals surface area contributed by atoms with Crippen LogP contribution in [0.4, 0.5) is 5.69 Å². The summed E-state index contributed by atoms with van der Waals surface area (Å²) >= 11 is 3.33. The van der Waals surface area contributed by atoms with Gasteiger partial charge in [-0.1, -0.05) is 12.5 Å². The number of unbranched alkanes of at least 4 members (excludes halogenated alkanes) is 3. The molecule has 2 nitrogen and oxygen atoms in total. The third kappa shape index (κ3) is 4.73. The van der Waals surface area contributed by atoms with Gasteiger partial charge in [0.2, 0.25) is 0 Å². The van der Waals surface area contributed by atoms with Crippen LogP contribution in [0.25, 0.3) is 0 Å². The maximum Gasteiger partial charge on any atom is 0.162 e. The normalized spacial score (nSPS) is 10.2. The van der Waals surface area contributed by atoms with E-state index in [1.54, 1.807) is 18.2 Å². The Morgan fingerprint density at radius 3 is 2.76 bits per heavy atom. The molecule has 17 heavy (non-hydrogen) atoms. The average Bonchev–Trinajstić information content (AvgIpc) is 2.32. The molecule has 0 radical (unpaired) electrons. The zero-order chi connectivity index (χ0) is 12.7. The minimum Gasteiger partial charge on any atom is -0.398 e. The van der Waals surface area contributed by atoms with Crippen molar-refractivity contribution in [2.75, 3.05) is 5.73 Å². The van der Waals surface area contributed by atoms with Gasteiger partial charge < -0.3 is 5.73 Å². The van der Waals surface area contributed by atoms with E-state index < -0.39 is 0 Å². The summed E-state index contributed by atoms with van der Waals surface area (Å²) < 4.78 is 0.787. The highest BCUT2D eigenvalue weighted by atomic mass is 79.9. The largest absolute Gasteiger partial charge is 0.398 e. The number of nitrogens with two attached hydrogens (primary N) is 1. The van der Waals surface area contributed by atoms with Crippen LogP contribution in [0.15, 0.2) is 35.3 Å². The van der Waals surface area contributed by atoms with Gasteiger partial charge in [0.15, 0.2) is 5.78 Å². The molecule has 0 saturated carbocycles. The summed E-state index contributed by atoms with van der Waals surface area (Å²) in [5.74, 6) is 0.185. The molecule has 0 saturated heterocycles. The molecule has 0 unspecified atom stereocenters. The number of hydrogen-bond acceptors (Lipinski definition) is 2. The Morgan fingerprint density at radius 2 is 2.12 bits per heavy atom. The minimum atomic E-state index is 0.185. The van der Waals surface area contributed by atoms with Crippen LogP contribution in [0, 0.1) is 0 Å². The van der Waals surface area contributed by atoms with E-state index in [-0.39, 0.29) is 5.78 Å². The number of anilines is 1. The van der Waals surface area contributed by atoms with E-state index in [1.807, 2.05) is 6.08 Å². The van der Waals surface area contributed by atoms with E-state index in [9.17, 15) is 4.79 Å². The Kier molecular flexibility index (Phi) is 5.98. The van der Waals surface area contributed by atoms with E-state index in [4.69, 9.17) is 5.73 Å². The third-order valence-electron chi connectivity index (χ3n) is 2.63. The lowest BCUT2D eigenvalue weighted by Crippen LogP contribution is -2.00. The molecule has 92 valence electrons. The van der Waals surface area contributed by atoms with Crippen LogP contribution in [0.1, 0.15) is 42.5 Å². The number of Topliss-reactive ketones (excluding diaryl/α,β-unsaturated/α-hetero) is 1. The van der Waals surface area contributed by atoms with Crippen molar-refractivity contribution >= 4 is 27.4 Å². The Hall–Kier alpha value is -1.09. The van der Waals surface area contributed by atoms with Crippen molar-refractivity contribution in [3.8, 4) is 0 Å². The molecule has 3 heteroatoms. The molecular weight excluding hydrogens is 278 g/mol. The molecule has 0 aliphatic rings. The molecule has 0 amide bonds. The monoisotopic (exact) mass is 295 g/mol. The predicted molar refractivity (Wildman–Crippen MR) is 76.2 cm³/mol. The van der Waals surface area contributed by atoms with E-state index in [1.165, 1.54) is 0 Å². The number of allylic oxidation sites excluding steroid dienone is 1. The zero-order valence-electron chi connectivity index (χ0n) is 9.92. The van der Waals surface area contributed by atoms with Gasteiger partial charge in [-0.05, 0) is 53.4 Å². The molecule has 0 spiro atoms. The first-order valence-corrected chi connectivity index (χ1v) is 6.63. The van der Waals surface area contributed by atoms with Gasteiger partial charge in [-0.3, -0.25) is 4.79 Å². The van der Waals surface area contributed by atoms with Gasteiger partial charge in [0.05, 0.1) is 0 Å². The highest BCUT2D eigenvalue weighted by molar-refractivity contribution is 9.10. The lowest BCUT2D eigenvalue weighted by molar-refractivity contribution is 0.0979. The molecule has 0 atom stereocenters. The van der Waals surface area contributed by atoms with Crippen molar-refractivity contribution < 1.29 is 4.79 Å². The number of nitrogen functional groups attached to an aromatic ring is 1. The van der Waals surface area contributed by atoms with E-state index >= 15 is 0 Å². The summed E-state index contributed by atoms with van der Waals surface area (Å²) in [4.78, 5) is 11.9. The Bertz CT molecular complexity index is 401. The molecule has 0 fully saturated rings. The van der Waals surface area contributed by atoms with Gasteiger partial charge in [0.1, 0.15) is 0 Å².